The summed E-state index contributed by atoms with van der Waals surface area (Å²) >= 11 is 0. The number of imide groups is 2. The first-order valence-corrected chi connectivity index (χ1v) is 11.4. The second-order valence-electron chi connectivity index (χ2n) is 9.86. The minimum absolute atomic E-state index is 0.0331. The lowest BCUT2D eigenvalue weighted by atomic mass is 9.40. The average molecular weight is 456 g/mol. The van der Waals surface area contributed by atoms with E-state index in [9.17, 15) is 29.4 Å². The Morgan fingerprint density at radius 3 is 1.32 bits per heavy atom. The van der Waals surface area contributed by atoms with Gasteiger partial charge in [0.05, 0.1) is 35.0 Å². The Morgan fingerprint density at radius 2 is 0.941 bits per heavy atom. The summed E-state index contributed by atoms with van der Waals surface area (Å²) in [5.74, 6) is -4.50. The number of phenols is 2. The van der Waals surface area contributed by atoms with Gasteiger partial charge < -0.3 is 10.2 Å². The molecule has 2 saturated carbocycles. The SMILES string of the molecule is O=C1[C@H]2[C@H]3C=C[C@@H]([C@@H]2C(=O)N1c1cccc(O)c1)[C@H]1[C@H]2C(=O)N(c4cccc(O)c4)C(=O)[C@@H]2[C@H]31. The zero-order valence-electron chi connectivity index (χ0n) is 17.8. The van der Waals surface area contributed by atoms with Gasteiger partial charge in [-0.05, 0) is 47.9 Å². The van der Waals surface area contributed by atoms with Crippen molar-refractivity contribution in [1.82, 2.24) is 0 Å². The summed E-state index contributed by atoms with van der Waals surface area (Å²) in [5.41, 5.74) is 0.669. The Bertz CT molecular complexity index is 1290. The van der Waals surface area contributed by atoms with Crippen LogP contribution in [0.25, 0.3) is 0 Å². The maximum Gasteiger partial charge on any atom is 0.238 e. The monoisotopic (exact) mass is 456 g/mol. The van der Waals surface area contributed by atoms with Crippen LogP contribution in [0.3, 0.4) is 0 Å². The summed E-state index contributed by atoms with van der Waals surface area (Å²) < 4.78 is 0. The largest absolute Gasteiger partial charge is 0.508 e. The first-order valence-electron chi connectivity index (χ1n) is 11.4. The van der Waals surface area contributed by atoms with E-state index >= 15 is 0 Å². The molecular weight excluding hydrogens is 436 g/mol. The Morgan fingerprint density at radius 1 is 0.559 bits per heavy atom. The van der Waals surface area contributed by atoms with Crippen molar-refractivity contribution >= 4 is 35.0 Å². The molecule has 8 atom stereocenters. The molecule has 2 N–H and O–H groups in total. The van der Waals surface area contributed by atoms with Crippen LogP contribution in [0, 0.1) is 47.3 Å². The minimum Gasteiger partial charge on any atom is -0.508 e. The number of carbonyl (C=O) groups is 4. The van der Waals surface area contributed by atoms with Crippen LogP contribution in [0.2, 0.25) is 0 Å². The number of rotatable bonds is 2. The highest BCUT2D eigenvalue weighted by atomic mass is 16.3. The van der Waals surface area contributed by atoms with E-state index in [2.05, 4.69) is 0 Å². The molecule has 0 radical (unpaired) electrons. The van der Waals surface area contributed by atoms with E-state index in [1.807, 2.05) is 12.2 Å². The number of anilines is 2. The summed E-state index contributed by atoms with van der Waals surface area (Å²) in [6, 6.07) is 12.1. The number of nitrogens with zero attached hydrogens (tertiary/aromatic N) is 2. The second-order valence-corrected chi connectivity index (χ2v) is 9.86. The molecule has 0 spiro atoms. The summed E-state index contributed by atoms with van der Waals surface area (Å²) in [5, 5.41) is 19.7. The standard InChI is InChI=1S/C26H20N2O6/c29-13-5-1-3-11(9-13)27-23(31)19-15-7-8-16(20(19)24(27)32)18-17(15)21-22(18)26(34)28(25(21)33)12-4-2-6-14(30)10-12/h1-10,15-22,29-30H/t15-,16+,17-,18-,19+,20+,21-,22-/m1/s1. The van der Waals surface area contributed by atoms with Crippen molar-refractivity contribution < 1.29 is 29.4 Å². The van der Waals surface area contributed by atoms with Crippen molar-refractivity contribution in [1.29, 1.82) is 0 Å². The van der Waals surface area contributed by atoms with Crippen molar-refractivity contribution in [3.05, 3.63) is 60.7 Å². The highest BCUT2D eigenvalue weighted by Crippen LogP contribution is 2.68. The lowest BCUT2D eigenvalue weighted by Crippen LogP contribution is -2.63. The van der Waals surface area contributed by atoms with E-state index in [1.54, 1.807) is 24.3 Å². The first-order chi connectivity index (χ1) is 16.4. The molecule has 8 rings (SSSR count). The van der Waals surface area contributed by atoms with E-state index < -0.39 is 23.7 Å². The van der Waals surface area contributed by atoms with E-state index in [1.165, 1.54) is 24.3 Å². The molecule has 2 aliphatic heterocycles. The molecule has 2 aromatic rings. The molecule has 8 heteroatoms. The van der Waals surface area contributed by atoms with Crippen molar-refractivity contribution in [2.45, 2.75) is 0 Å². The van der Waals surface area contributed by atoms with Gasteiger partial charge in [-0.2, -0.15) is 0 Å². The predicted molar refractivity (Wildman–Crippen MR) is 118 cm³/mol. The number of aromatic hydroxyl groups is 2. The fourth-order valence-electron chi connectivity index (χ4n) is 7.37. The number of benzene rings is 2. The second kappa shape index (κ2) is 6.34. The van der Waals surface area contributed by atoms with E-state index in [4.69, 9.17) is 0 Å². The van der Waals surface area contributed by atoms with Crippen LogP contribution in [0.1, 0.15) is 0 Å². The lowest BCUT2D eigenvalue weighted by Gasteiger charge is -2.60. The molecule has 4 amide bonds. The van der Waals surface area contributed by atoms with Gasteiger partial charge in [0, 0.05) is 12.1 Å². The molecule has 170 valence electrons. The average Bonchev–Trinajstić information content (AvgIpc) is 3.17. The molecule has 0 unspecified atom stereocenters. The van der Waals surface area contributed by atoms with Crippen LogP contribution >= 0.6 is 0 Å². The molecule has 2 saturated heterocycles. The fourth-order valence-corrected chi connectivity index (χ4v) is 7.37. The predicted octanol–water partition coefficient (Wildman–Crippen LogP) is 2.07. The van der Waals surface area contributed by atoms with Crippen LogP contribution in [0.4, 0.5) is 11.4 Å². The highest BCUT2D eigenvalue weighted by molar-refractivity contribution is 6.25. The summed E-state index contributed by atoms with van der Waals surface area (Å²) in [7, 11) is 0. The van der Waals surface area contributed by atoms with E-state index in [-0.39, 0.29) is 58.8 Å². The lowest BCUT2D eigenvalue weighted by molar-refractivity contribution is -0.166. The third-order valence-electron chi connectivity index (χ3n) is 8.52. The van der Waals surface area contributed by atoms with Gasteiger partial charge in [0.1, 0.15) is 11.5 Å². The van der Waals surface area contributed by atoms with Crippen molar-refractivity contribution in [2.75, 3.05) is 9.80 Å². The number of hydrogen-bond donors (Lipinski definition) is 2. The highest BCUT2D eigenvalue weighted by Gasteiger charge is 2.75. The summed E-state index contributed by atoms with van der Waals surface area (Å²) in [4.78, 5) is 56.1. The quantitative estimate of drug-likeness (QED) is 0.528. The van der Waals surface area contributed by atoms with Crippen LogP contribution in [-0.4, -0.2) is 33.8 Å². The van der Waals surface area contributed by atoms with Gasteiger partial charge in [-0.3, -0.25) is 19.2 Å². The first kappa shape index (κ1) is 19.5. The number of amides is 4. The molecule has 6 aliphatic rings. The Balaban J connectivity index is 1.26. The smallest absolute Gasteiger partial charge is 0.238 e. The maximum absolute atomic E-state index is 13.5. The molecule has 8 nitrogen and oxygen atoms in total. The molecule has 2 bridgehead atoms. The normalized spacial score (nSPS) is 37.1. The minimum atomic E-state index is -0.579. The van der Waals surface area contributed by atoms with Gasteiger partial charge in [-0.15, -0.1) is 0 Å². The summed E-state index contributed by atoms with van der Waals surface area (Å²) in [6.07, 6.45) is 3.91. The van der Waals surface area contributed by atoms with Gasteiger partial charge in [-0.25, -0.2) is 9.80 Å². The van der Waals surface area contributed by atoms with Gasteiger partial charge in [-0.1, -0.05) is 24.3 Å². The molecule has 34 heavy (non-hydrogen) atoms. The molecule has 2 heterocycles. The van der Waals surface area contributed by atoms with E-state index in [0.717, 1.165) is 9.80 Å². The zero-order chi connectivity index (χ0) is 23.5. The third-order valence-corrected chi connectivity index (χ3v) is 8.52. The van der Waals surface area contributed by atoms with Crippen LogP contribution < -0.4 is 9.80 Å². The molecule has 4 aliphatic carbocycles. The number of carbonyl (C=O) groups excluding carboxylic acids is 4. The van der Waals surface area contributed by atoms with Crippen LogP contribution in [0.5, 0.6) is 11.5 Å². The summed E-state index contributed by atoms with van der Waals surface area (Å²) in [6.45, 7) is 0. The van der Waals surface area contributed by atoms with Crippen molar-refractivity contribution in [3.63, 3.8) is 0 Å². The number of hydrogen-bond acceptors (Lipinski definition) is 6. The number of phenolic OH excluding ortho intramolecular Hbond substituents is 2. The van der Waals surface area contributed by atoms with Gasteiger partial charge in [0.15, 0.2) is 0 Å². The van der Waals surface area contributed by atoms with Crippen LogP contribution in [0.15, 0.2) is 60.7 Å². The zero-order valence-corrected chi connectivity index (χ0v) is 17.8. The molecule has 0 aromatic heterocycles. The van der Waals surface area contributed by atoms with Gasteiger partial charge in [0.25, 0.3) is 0 Å². The maximum atomic E-state index is 13.5. The van der Waals surface area contributed by atoms with Crippen molar-refractivity contribution in [2.24, 2.45) is 47.3 Å². The third kappa shape index (κ3) is 2.18. The van der Waals surface area contributed by atoms with Crippen LogP contribution in [-0.2, 0) is 19.2 Å². The number of fused-ring (bicyclic) bond motifs is 1. The number of allylic oxidation sites excluding steroid dienone is 2. The Labute approximate surface area is 194 Å². The topological polar surface area (TPSA) is 115 Å². The molecule has 2 aromatic carbocycles. The van der Waals surface area contributed by atoms with Crippen molar-refractivity contribution in [3.8, 4) is 11.5 Å². The molecular formula is C26H20N2O6. The Hall–Kier alpha value is -3.94. The van der Waals surface area contributed by atoms with Gasteiger partial charge in [0.2, 0.25) is 23.6 Å². The van der Waals surface area contributed by atoms with E-state index in [0.29, 0.717) is 11.4 Å². The molecule has 4 fully saturated rings. The van der Waals surface area contributed by atoms with Gasteiger partial charge >= 0.3 is 0 Å². The Kier molecular flexibility index (Phi) is 3.64. The fraction of sp³-hybridized carbons (Fsp3) is 0.308.